The SMILES string of the molecule is C[C@@H](CC(=O)N1CCC[C@@H](c2cc(C(N)=O)n[nH]2)C1)n1cccc1. The highest BCUT2D eigenvalue weighted by molar-refractivity contribution is 5.90. The van der Waals surface area contributed by atoms with E-state index in [0.717, 1.165) is 25.1 Å². The molecule has 2 amide bonds. The lowest BCUT2D eigenvalue weighted by Crippen LogP contribution is -2.39. The molecule has 0 unspecified atom stereocenters. The van der Waals surface area contributed by atoms with Crippen LogP contribution in [0.5, 0.6) is 0 Å². The molecule has 3 N–H and O–H groups in total. The van der Waals surface area contributed by atoms with Crippen molar-refractivity contribution >= 4 is 11.8 Å². The molecule has 0 radical (unpaired) electrons. The van der Waals surface area contributed by atoms with Crippen molar-refractivity contribution in [2.45, 2.75) is 38.1 Å². The highest BCUT2D eigenvalue weighted by Crippen LogP contribution is 2.27. The molecule has 1 aliphatic heterocycles. The molecule has 7 nitrogen and oxygen atoms in total. The number of H-pyrrole nitrogens is 1. The fourth-order valence-electron chi connectivity index (χ4n) is 3.26. The number of nitrogens with zero attached hydrogens (tertiary/aromatic N) is 3. The third-order valence-electron chi connectivity index (χ3n) is 4.67. The summed E-state index contributed by atoms with van der Waals surface area (Å²) in [6.07, 6.45) is 6.35. The Morgan fingerprint density at radius 3 is 2.83 bits per heavy atom. The number of nitrogens with one attached hydrogen (secondary N) is 1. The van der Waals surface area contributed by atoms with Gasteiger partial charge >= 0.3 is 0 Å². The normalized spacial score (nSPS) is 19.2. The van der Waals surface area contributed by atoms with Crippen LogP contribution in [0.2, 0.25) is 0 Å². The van der Waals surface area contributed by atoms with Gasteiger partial charge in [-0.1, -0.05) is 0 Å². The lowest BCUT2D eigenvalue weighted by Gasteiger charge is -2.33. The number of hydrogen-bond donors (Lipinski definition) is 2. The third-order valence-corrected chi connectivity index (χ3v) is 4.67. The molecule has 3 heterocycles. The van der Waals surface area contributed by atoms with Crippen LogP contribution in [0.25, 0.3) is 0 Å². The van der Waals surface area contributed by atoms with Gasteiger partial charge in [-0.05, 0) is 38.0 Å². The molecule has 0 aliphatic carbocycles. The van der Waals surface area contributed by atoms with Gasteiger partial charge < -0.3 is 15.2 Å². The van der Waals surface area contributed by atoms with Crippen LogP contribution in [0.4, 0.5) is 0 Å². The van der Waals surface area contributed by atoms with Crippen molar-refractivity contribution in [2.24, 2.45) is 5.73 Å². The Kier molecular flexibility index (Phi) is 4.69. The van der Waals surface area contributed by atoms with Crippen LogP contribution in [-0.2, 0) is 4.79 Å². The van der Waals surface area contributed by atoms with Gasteiger partial charge in [0.1, 0.15) is 5.69 Å². The maximum atomic E-state index is 12.6. The lowest BCUT2D eigenvalue weighted by molar-refractivity contribution is -0.133. The van der Waals surface area contributed by atoms with Crippen LogP contribution in [0, 0.1) is 0 Å². The lowest BCUT2D eigenvalue weighted by atomic mass is 9.94. The molecule has 128 valence electrons. The number of rotatable bonds is 5. The molecule has 0 aromatic carbocycles. The highest BCUT2D eigenvalue weighted by atomic mass is 16.2. The molecule has 2 aromatic heterocycles. The van der Waals surface area contributed by atoms with Crippen LogP contribution >= 0.6 is 0 Å². The van der Waals surface area contributed by atoms with E-state index in [4.69, 9.17) is 5.73 Å². The number of aromatic nitrogens is 3. The minimum Gasteiger partial charge on any atom is -0.364 e. The second-order valence-electron chi connectivity index (χ2n) is 6.44. The Hall–Kier alpha value is -2.57. The van der Waals surface area contributed by atoms with Crippen LogP contribution in [-0.4, -0.2) is 44.6 Å². The molecule has 0 bridgehead atoms. The maximum Gasteiger partial charge on any atom is 0.269 e. The second-order valence-corrected chi connectivity index (χ2v) is 6.44. The minimum atomic E-state index is -0.540. The van der Waals surface area contributed by atoms with Gasteiger partial charge in [-0.2, -0.15) is 5.10 Å². The molecule has 3 rings (SSSR count). The summed E-state index contributed by atoms with van der Waals surface area (Å²) in [6, 6.07) is 5.77. The average molecular weight is 329 g/mol. The minimum absolute atomic E-state index is 0.140. The van der Waals surface area contributed by atoms with Gasteiger partial charge in [0.2, 0.25) is 5.91 Å². The fraction of sp³-hybridized carbons (Fsp3) is 0.471. The van der Waals surface area contributed by atoms with Crippen molar-refractivity contribution in [3.63, 3.8) is 0 Å². The molecule has 2 atom stereocenters. The molecule has 0 saturated carbocycles. The summed E-state index contributed by atoms with van der Waals surface area (Å²) in [7, 11) is 0. The molecule has 1 fully saturated rings. The standard InChI is InChI=1S/C17H23N5O2/c1-12(21-6-2-3-7-21)9-16(23)22-8-4-5-13(11-22)14-10-15(17(18)24)20-19-14/h2-3,6-7,10,12-13H,4-5,8-9,11H2,1H3,(H2,18,24)(H,19,20)/t12-,13+/m0/s1. The fourth-order valence-corrected chi connectivity index (χ4v) is 3.26. The first-order valence-electron chi connectivity index (χ1n) is 8.30. The van der Waals surface area contributed by atoms with Crippen molar-refractivity contribution in [3.05, 3.63) is 42.0 Å². The topological polar surface area (TPSA) is 97.0 Å². The average Bonchev–Trinajstić information content (AvgIpc) is 3.26. The predicted molar refractivity (Wildman–Crippen MR) is 89.4 cm³/mol. The predicted octanol–water partition coefficient (Wildman–Crippen LogP) is 1.67. The molecule has 2 aromatic rings. The first-order valence-corrected chi connectivity index (χ1v) is 8.30. The number of amides is 2. The number of piperidine rings is 1. The van der Waals surface area contributed by atoms with E-state index < -0.39 is 5.91 Å². The van der Waals surface area contributed by atoms with E-state index in [0.29, 0.717) is 13.0 Å². The Balaban J connectivity index is 1.62. The second kappa shape index (κ2) is 6.90. The number of nitrogens with two attached hydrogens (primary N) is 1. The Morgan fingerprint density at radius 1 is 1.42 bits per heavy atom. The van der Waals surface area contributed by atoms with Gasteiger partial charge in [0.15, 0.2) is 0 Å². The van der Waals surface area contributed by atoms with Gasteiger partial charge in [-0.15, -0.1) is 0 Å². The molecular weight excluding hydrogens is 306 g/mol. The smallest absolute Gasteiger partial charge is 0.269 e. The van der Waals surface area contributed by atoms with E-state index in [1.807, 2.05) is 40.9 Å². The van der Waals surface area contributed by atoms with Crippen molar-refractivity contribution in [3.8, 4) is 0 Å². The first-order chi connectivity index (χ1) is 11.5. The number of primary amides is 1. The van der Waals surface area contributed by atoms with Gasteiger partial charge in [-0.3, -0.25) is 14.7 Å². The zero-order chi connectivity index (χ0) is 17.1. The number of aromatic amines is 1. The van der Waals surface area contributed by atoms with Crippen LogP contribution in [0.1, 0.15) is 54.3 Å². The summed E-state index contributed by atoms with van der Waals surface area (Å²) in [6.45, 7) is 3.48. The summed E-state index contributed by atoms with van der Waals surface area (Å²) in [5, 5.41) is 6.82. The maximum absolute atomic E-state index is 12.6. The number of hydrogen-bond acceptors (Lipinski definition) is 3. The molecule has 1 aliphatic rings. The van der Waals surface area contributed by atoms with E-state index in [1.165, 1.54) is 0 Å². The summed E-state index contributed by atoms with van der Waals surface area (Å²) >= 11 is 0. The molecule has 0 spiro atoms. The van der Waals surface area contributed by atoms with E-state index in [9.17, 15) is 9.59 Å². The van der Waals surface area contributed by atoms with Gasteiger partial charge in [0, 0.05) is 49.6 Å². The van der Waals surface area contributed by atoms with Crippen LogP contribution < -0.4 is 5.73 Å². The van der Waals surface area contributed by atoms with Gasteiger partial charge in [-0.25, -0.2) is 0 Å². The Labute approximate surface area is 140 Å². The zero-order valence-corrected chi connectivity index (χ0v) is 13.8. The molecule has 1 saturated heterocycles. The monoisotopic (exact) mass is 329 g/mol. The van der Waals surface area contributed by atoms with Crippen LogP contribution in [0.15, 0.2) is 30.6 Å². The van der Waals surface area contributed by atoms with Crippen molar-refractivity contribution in [1.29, 1.82) is 0 Å². The largest absolute Gasteiger partial charge is 0.364 e. The first kappa shape index (κ1) is 16.3. The summed E-state index contributed by atoms with van der Waals surface area (Å²) in [5.74, 6) is -0.206. The number of carbonyl (C=O) groups is 2. The zero-order valence-electron chi connectivity index (χ0n) is 13.8. The summed E-state index contributed by atoms with van der Waals surface area (Å²) < 4.78 is 2.05. The molecule has 7 heteroatoms. The van der Waals surface area contributed by atoms with Crippen molar-refractivity contribution in [1.82, 2.24) is 19.7 Å². The molecule has 24 heavy (non-hydrogen) atoms. The van der Waals surface area contributed by atoms with Gasteiger partial charge in [0.05, 0.1) is 0 Å². The Morgan fingerprint density at radius 2 is 2.17 bits per heavy atom. The Bertz CT molecular complexity index is 706. The number of carbonyl (C=O) groups excluding carboxylic acids is 2. The summed E-state index contributed by atoms with van der Waals surface area (Å²) in [4.78, 5) is 25.7. The quantitative estimate of drug-likeness (QED) is 0.873. The van der Waals surface area contributed by atoms with E-state index >= 15 is 0 Å². The van der Waals surface area contributed by atoms with E-state index in [2.05, 4.69) is 10.2 Å². The van der Waals surface area contributed by atoms with Gasteiger partial charge in [0.25, 0.3) is 5.91 Å². The highest BCUT2D eigenvalue weighted by Gasteiger charge is 2.27. The number of likely N-dealkylation sites (tertiary alicyclic amines) is 1. The molecular formula is C17H23N5O2. The van der Waals surface area contributed by atoms with Crippen molar-refractivity contribution < 1.29 is 9.59 Å². The van der Waals surface area contributed by atoms with Crippen LogP contribution in [0.3, 0.4) is 0 Å². The van der Waals surface area contributed by atoms with E-state index in [1.54, 1.807) is 6.07 Å². The summed E-state index contributed by atoms with van der Waals surface area (Å²) in [5.41, 5.74) is 6.36. The third kappa shape index (κ3) is 3.50. The van der Waals surface area contributed by atoms with Crippen molar-refractivity contribution in [2.75, 3.05) is 13.1 Å². The van der Waals surface area contributed by atoms with E-state index in [-0.39, 0.29) is 23.6 Å².